The van der Waals surface area contributed by atoms with Crippen LogP contribution in [0.25, 0.3) is 0 Å². The summed E-state index contributed by atoms with van der Waals surface area (Å²) in [5, 5.41) is 8.41. The Morgan fingerprint density at radius 1 is 1.50 bits per heavy atom. The third kappa shape index (κ3) is 4.78. The zero-order chi connectivity index (χ0) is 15.1. The number of carbonyl (C=O) groups is 1. The van der Waals surface area contributed by atoms with Crippen LogP contribution in [-0.2, 0) is 4.79 Å². The quantitative estimate of drug-likeness (QED) is 0.744. The van der Waals surface area contributed by atoms with Gasteiger partial charge in [-0.2, -0.15) is 9.65 Å². The Morgan fingerprint density at radius 2 is 2.20 bits per heavy atom. The van der Waals surface area contributed by atoms with Crippen LogP contribution in [0, 0.1) is 23.0 Å². The minimum Gasteiger partial charge on any atom is -0.490 e. The van der Waals surface area contributed by atoms with Gasteiger partial charge in [0.25, 0.3) is 0 Å². The number of amides is 1. The van der Waals surface area contributed by atoms with E-state index in [1.807, 2.05) is 6.07 Å². The van der Waals surface area contributed by atoms with Crippen molar-refractivity contribution in [1.82, 2.24) is 4.90 Å². The van der Waals surface area contributed by atoms with Crippen molar-refractivity contribution in [3.8, 4) is 11.8 Å². The first-order chi connectivity index (χ1) is 9.45. The zero-order valence-electron chi connectivity index (χ0n) is 10.8. The van der Waals surface area contributed by atoms with Crippen LogP contribution in [-0.4, -0.2) is 31.0 Å². The fourth-order valence-electron chi connectivity index (χ4n) is 1.42. The summed E-state index contributed by atoms with van der Waals surface area (Å²) in [6, 6.07) is 4.22. The molecule has 0 unspecified atom stereocenters. The van der Waals surface area contributed by atoms with Gasteiger partial charge < -0.3 is 9.64 Å². The number of nitriles is 1. The van der Waals surface area contributed by atoms with Gasteiger partial charge in [-0.05, 0) is 12.1 Å². The highest BCUT2D eigenvalue weighted by Crippen LogP contribution is 2.25. The van der Waals surface area contributed by atoms with Crippen molar-refractivity contribution in [2.75, 3.05) is 20.2 Å². The van der Waals surface area contributed by atoms with Crippen molar-refractivity contribution in [2.24, 2.45) is 0 Å². The Morgan fingerprint density at radius 3 is 2.85 bits per heavy atom. The fourth-order valence-corrected chi connectivity index (χ4v) is 1.83. The first kappa shape index (κ1) is 16.4. The standard InChI is InChI=1S/C13H13BrF2N2O2/c1-18(5-2-4-17)12(19)3-6-20-11-8-9(14)7-10(15)13(11)16/h7-8H,2-3,5-6H2,1H3. The molecular weight excluding hydrogens is 334 g/mol. The predicted octanol–water partition coefficient (Wildman–Crippen LogP) is 2.87. The molecule has 1 aromatic carbocycles. The first-order valence-electron chi connectivity index (χ1n) is 5.84. The van der Waals surface area contributed by atoms with E-state index in [0.717, 1.165) is 6.07 Å². The minimum absolute atomic E-state index is 0.0233. The fraction of sp³-hybridized carbons (Fsp3) is 0.385. The molecule has 0 aliphatic rings. The van der Waals surface area contributed by atoms with Gasteiger partial charge in [0.15, 0.2) is 11.6 Å². The molecule has 1 amide bonds. The molecule has 0 saturated carbocycles. The van der Waals surface area contributed by atoms with E-state index in [1.54, 1.807) is 7.05 Å². The second-order valence-electron chi connectivity index (χ2n) is 4.02. The van der Waals surface area contributed by atoms with Crippen molar-refractivity contribution in [3.63, 3.8) is 0 Å². The summed E-state index contributed by atoms with van der Waals surface area (Å²) in [5.74, 6) is -2.58. The number of hydrogen-bond acceptors (Lipinski definition) is 3. The molecule has 0 aliphatic heterocycles. The average molecular weight is 347 g/mol. The highest BCUT2D eigenvalue weighted by molar-refractivity contribution is 9.10. The van der Waals surface area contributed by atoms with Crippen LogP contribution < -0.4 is 4.74 Å². The van der Waals surface area contributed by atoms with Crippen LogP contribution in [0.5, 0.6) is 5.75 Å². The molecular formula is C13H13BrF2N2O2. The second kappa shape index (κ2) is 7.80. The van der Waals surface area contributed by atoms with E-state index in [1.165, 1.54) is 11.0 Å². The number of carbonyl (C=O) groups excluding carboxylic acids is 1. The first-order valence-corrected chi connectivity index (χ1v) is 6.63. The summed E-state index contributed by atoms with van der Waals surface area (Å²) in [4.78, 5) is 13.0. The largest absolute Gasteiger partial charge is 0.490 e. The van der Waals surface area contributed by atoms with Gasteiger partial charge in [-0.1, -0.05) is 15.9 Å². The maximum Gasteiger partial charge on any atom is 0.225 e. The molecule has 108 valence electrons. The molecule has 0 spiro atoms. The van der Waals surface area contributed by atoms with Crippen LogP contribution in [0.3, 0.4) is 0 Å². The lowest BCUT2D eigenvalue weighted by Crippen LogP contribution is -2.28. The number of hydrogen-bond donors (Lipinski definition) is 0. The van der Waals surface area contributed by atoms with E-state index in [-0.39, 0.29) is 31.1 Å². The Bertz CT molecular complexity index is 532. The molecule has 0 fully saturated rings. The Hall–Kier alpha value is -1.68. The normalized spacial score (nSPS) is 9.95. The Kier molecular flexibility index (Phi) is 6.39. The van der Waals surface area contributed by atoms with Gasteiger partial charge in [0.05, 0.1) is 25.5 Å². The van der Waals surface area contributed by atoms with Crippen molar-refractivity contribution in [3.05, 3.63) is 28.2 Å². The summed E-state index contributed by atoms with van der Waals surface area (Å²) in [6.07, 6.45) is 0.268. The van der Waals surface area contributed by atoms with E-state index in [4.69, 9.17) is 10.00 Å². The molecule has 0 bridgehead atoms. The smallest absolute Gasteiger partial charge is 0.225 e. The maximum atomic E-state index is 13.4. The number of halogens is 3. The van der Waals surface area contributed by atoms with Crippen LogP contribution in [0.15, 0.2) is 16.6 Å². The lowest BCUT2D eigenvalue weighted by Gasteiger charge is -2.15. The Labute approximate surface area is 124 Å². The third-order valence-corrected chi connectivity index (χ3v) is 2.98. The second-order valence-corrected chi connectivity index (χ2v) is 4.94. The topological polar surface area (TPSA) is 53.3 Å². The SMILES string of the molecule is CN(CCC#N)C(=O)CCOc1cc(Br)cc(F)c1F. The highest BCUT2D eigenvalue weighted by Gasteiger charge is 2.13. The van der Waals surface area contributed by atoms with Crippen LogP contribution in [0.4, 0.5) is 8.78 Å². The van der Waals surface area contributed by atoms with Gasteiger partial charge in [-0.15, -0.1) is 0 Å². The molecule has 0 aromatic heterocycles. The molecule has 0 heterocycles. The van der Waals surface area contributed by atoms with E-state index in [2.05, 4.69) is 15.9 Å². The molecule has 0 radical (unpaired) electrons. The third-order valence-electron chi connectivity index (χ3n) is 2.52. The summed E-state index contributed by atoms with van der Waals surface area (Å²) in [7, 11) is 1.57. The molecule has 7 heteroatoms. The molecule has 0 atom stereocenters. The van der Waals surface area contributed by atoms with Crippen molar-refractivity contribution >= 4 is 21.8 Å². The lowest BCUT2D eigenvalue weighted by atomic mass is 10.3. The summed E-state index contributed by atoms with van der Waals surface area (Å²) >= 11 is 3.03. The Balaban J connectivity index is 2.49. The molecule has 20 heavy (non-hydrogen) atoms. The predicted molar refractivity (Wildman–Crippen MR) is 72.0 cm³/mol. The molecule has 1 rings (SSSR count). The molecule has 4 nitrogen and oxygen atoms in total. The van der Waals surface area contributed by atoms with E-state index >= 15 is 0 Å². The van der Waals surface area contributed by atoms with Gasteiger partial charge in [0.2, 0.25) is 11.7 Å². The lowest BCUT2D eigenvalue weighted by molar-refractivity contribution is -0.130. The van der Waals surface area contributed by atoms with E-state index in [9.17, 15) is 13.6 Å². The average Bonchev–Trinajstić information content (AvgIpc) is 2.41. The molecule has 0 N–H and O–H groups in total. The van der Waals surface area contributed by atoms with Crippen molar-refractivity contribution in [1.29, 1.82) is 5.26 Å². The highest BCUT2D eigenvalue weighted by atomic mass is 79.9. The van der Waals surface area contributed by atoms with Crippen LogP contribution in [0.2, 0.25) is 0 Å². The van der Waals surface area contributed by atoms with Crippen LogP contribution >= 0.6 is 15.9 Å². The molecule has 0 aliphatic carbocycles. The molecule has 0 saturated heterocycles. The van der Waals surface area contributed by atoms with E-state index < -0.39 is 11.6 Å². The summed E-state index contributed by atoms with van der Waals surface area (Å²) in [5.41, 5.74) is 0. The number of nitrogens with zero attached hydrogens (tertiary/aromatic N) is 2. The summed E-state index contributed by atoms with van der Waals surface area (Å²) < 4.78 is 31.9. The van der Waals surface area contributed by atoms with Gasteiger partial charge in [0, 0.05) is 18.1 Å². The van der Waals surface area contributed by atoms with Crippen LogP contribution in [0.1, 0.15) is 12.8 Å². The van der Waals surface area contributed by atoms with Crippen molar-refractivity contribution in [2.45, 2.75) is 12.8 Å². The van der Waals surface area contributed by atoms with Gasteiger partial charge >= 0.3 is 0 Å². The number of rotatable bonds is 6. The zero-order valence-corrected chi connectivity index (χ0v) is 12.4. The maximum absolute atomic E-state index is 13.4. The van der Waals surface area contributed by atoms with Gasteiger partial charge in [-0.25, -0.2) is 4.39 Å². The number of ether oxygens (including phenoxy) is 1. The van der Waals surface area contributed by atoms with E-state index in [0.29, 0.717) is 11.0 Å². The minimum atomic E-state index is -1.08. The molecule has 1 aromatic rings. The number of benzene rings is 1. The summed E-state index contributed by atoms with van der Waals surface area (Å²) in [6.45, 7) is 0.262. The monoisotopic (exact) mass is 346 g/mol. The van der Waals surface area contributed by atoms with Gasteiger partial charge in [-0.3, -0.25) is 4.79 Å². The van der Waals surface area contributed by atoms with Gasteiger partial charge in [0.1, 0.15) is 0 Å². The van der Waals surface area contributed by atoms with Crippen molar-refractivity contribution < 1.29 is 18.3 Å².